The Hall–Kier alpha value is -1.35. The lowest BCUT2D eigenvalue weighted by Gasteiger charge is -2.22. The Morgan fingerprint density at radius 2 is 2.11 bits per heavy atom. The lowest BCUT2D eigenvalue weighted by Crippen LogP contribution is -2.28. The number of fused-ring (bicyclic) bond motifs is 1. The van der Waals surface area contributed by atoms with Crippen molar-refractivity contribution in [2.24, 2.45) is 7.05 Å². The highest BCUT2D eigenvalue weighted by atomic mass is 15.1. The van der Waals surface area contributed by atoms with Gasteiger partial charge in [0.1, 0.15) is 5.82 Å². The zero-order valence-corrected chi connectivity index (χ0v) is 11.5. The van der Waals surface area contributed by atoms with Crippen molar-refractivity contribution in [1.82, 2.24) is 14.9 Å². The fourth-order valence-corrected chi connectivity index (χ4v) is 2.90. The molecule has 1 N–H and O–H groups in total. The monoisotopic (exact) mass is 243 g/mol. The van der Waals surface area contributed by atoms with Crippen molar-refractivity contribution in [2.45, 2.75) is 39.2 Å². The minimum Gasteiger partial charge on any atom is -0.330 e. The maximum absolute atomic E-state index is 4.90. The van der Waals surface area contributed by atoms with Gasteiger partial charge in [-0.1, -0.05) is 12.5 Å². The summed E-state index contributed by atoms with van der Waals surface area (Å²) in [5.74, 6) is 1.19. The molecule has 1 fully saturated rings. The number of piperidine rings is 1. The van der Waals surface area contributed by atoms with Crippen LogP contribution in [0.15, 0.2) is 12.1 Å². The molecule has 0 bridgehead atoms. The van der Waals surface area contributed by atoms with E-state index < -0.39 is 0 Å². The maximum atomic E-state index is 4.90. The fourth-order valence-electron chi connectivity index (χ4n) is 2.90. The third kappa shape index (κ3) is 1.74. The van der Waals surface area contributed by atoms with Crippen molar-refractivity contribution >= 4 is 11.0 Å². The molecule has 1 aromatic carbocycles. The predicted molar refractivity (Wildman–Crippen MR) is 74.8 cm³/mol. The van der Waals surface area contributed by atoms with E-state index in [1.54, 1.807) is 0 Å². The van der Waals surface area contributed by atoms with Gasteiger partial charge in [0.25, 0.3) is 0 Å². The second-order valence-electron chi connectivity index (χ2n) is 5.41. The average molecular weight is 243 g/mol. The molecule has 1 unspecified atom stereocenters. The Balaban J connectivity index is 2.13. The normalized spacial score (nSPS) is 20.5. The third-order valence-corrected chi connectivity index (χ3v) is 4.23. The van der Waals surface area contributed by atoms with Crippen molar-refractivity contribution in [1.29, 1.82) is 0 Å². The topological polar surface area (TPSA) is 29.9 Å². The first-order chi connectivity index (χ1) is 8.68. The van der Waals surface area contributed by atoms with Crippen molar-refractivity contribution in [3.63, 3.8) is 0 Å². The van der Waals surface area contributed by atoms with Crippen molar-refractivity contribution in [2.75, 3.05) is 6.54 Å². The van der Waals surface area contributed by atoms with Crippen LogP contribution in [0.25, 0.3) is 11.0 Å². The number of aromatic nitrogens is 2. The molecule has 0 aliphatic carbocycles. The number of aryl methyl sites for hydroxylation is 3. The summed E-state index contributed by atoms with van der Waals surface area (Å²) in [5.41, 5.74) is 5.05. The molecule has 1 atom stereocenters. The highest BCUT2D eigenvalue weighted by Crippen LogP contribution is 2.27. The summed E-state index contributed by atoms with van der Waals surface area (Å²) in [6, 6.07) is 4.81. The van der Waals surface area contributed by atoms with Gasteiger partial charge in [0.15, 0.2) is 0 Å². The van der Waals surface area contributed by atoms with E-state index in [4.69, 9.17) is 4.98 Å². The zero-order chi connectivity index (χ0) is 12.7. The van der Waals surface area contributed by atoms with E-state index in [1.165, 1.54) is 47.2 Å². The molecular weight excluding hydrogens is 222 g/mol. The molecule has 3 rings (SSSR count). The van der Waals surface area contributed by atoms with Gasteiger partial charge in [0.2, 0.25) is 0 Å². The zero-order valence-electron chi connectivity index (χ0n) is 11.5. The lowest BCUT2D eigenvalue weighted by molar-refractivity contribution is 0.392. The van der Waals surface area contributed by atoms with Crippen LogP contribution < -0.4 is 5.32 Å². The molecule has 3 heteroatoms. The van der Waals surface area contributed by atoms with Crippen LogP contribution in [0.3, 0.4) is 0 Å². The second-order valence-corrected chi connectivity index (χ2v) is 5.41. The minimum absolute atomic E-state index is 0.427. The molecule has 2 aromatic rings. The van der Waals surface area contributed by atoms with Gasteiger partial charge in [-0.05, 0) is 50.4 Å². The highest BCUT2D eigenvalue weighted by molar-refractivity contribution is 5.80. The molecule has 18 heavy (non-hydrogen) atoms. The molecule has 2 heterocycles. The first-order valence-electron chi connectivity index (χ1n) is 6.84. The maximum Gasteiger partial charge on any atom is 0.126 e. The first kappa shape index (κ1) is 11.7. The number of imidazole rings is 1. The number of hydrogen-bond acceptors (Lipinski definition) is 2. The molecule has 0 saturated carbocycles. The molecular formula is C15H21N3. The molecule has 3 nitrogen and oxygen atoms in total. The Labute approximate surface area is 108 Å². The van der Waals surface area contributed by atoms with E-state index in [1.807, 2.05) is 0 Å². The lowest BCUT2D eigenvalue weighted by atomic mass is 10.0. The number of rotatable bonds is 1. The summed E-state index contributed by atoms with van der Waals surface area (Å²) in [5, 5.41) is 3.59. The van der Waals surface area contributed by atoms with E-state index in [2.05, 4.69) is 42.9 Å². The third-order valence-electron chi connectivity index (χ3n) is 4.23. The molecule has 1 aromatic heterocycles. The van der Waals surface area contributed by atoms with Gasteiger partial charge in [-0.25, -0.2) is 4.98 Å². The SMILES string of the molecule is Cc1ccc2c(nc(C3CCCCN3)n2C)c1C. The van der Waals surface area contributed by atoms with Crippen LogP contribution in [-0.2, 0) is 7.05 Å². The van der Waals surface area contributed by atoms with Crippen LogP contribution in [0.1, 0.15) is 42.3 Å². The molecule has 96 valence electrons. The van der Waals surface area contributed by atoms with E-state index in [0.29, 0.717) is 6.04 Å². The molecule has 0 amide bonds. The molecule has 1 aliphatic heterocycles. The smallest absolute Gasteiger partial charge is 0.126 e. The van der Waals surface area contributed by atoms with Crippen LogP contribution >= 0.6 is 0 Å². The Bertz CT molecular complexity index is 577. The highest BCUT2D eigenvalue weighted by Gasteiger charge is 2.21. The number of benzene rings is 1. The largest absolute Gasteiger partial charge is 0.330 e. The average Bonchev–Trinajstić information content (AvgIpc) is 2.73. The van der Waals surface area contributed by atoms with Gasteiger partial charge >= 0.3 is 0 Å². The Morgan fingerprint density at radius 3 is 2.83 bits per heavy atom. The summed E-state index contributed by atoms with van der Waals surface area (Å²) >= 11 is 0. The molecule has 0 spiro atoms. The van der Waals surface area contributed by atoms with Crippen LogP contribution in [0, 0.1) is 13.8 Å². The van der Waals surface area contributed by atoms with Crippen LogP contribution in [0.5, 0.6) is 0 Å². The van der Waals surface area contributed by atoms with Crippen molar-refractivity contribution in [3.8, 4) is 0 Å². The number of nitrogens with zero attached hydrogens (tertiary/aromatic N) is 2. The standard InChI is InChI=1S/C15H21N3/c1-10-7-8-13-14(11(10)2)17-15(18(13)3)12-6-4-5-9-16-12/h7-8,12,16H,4-6,9H2,1-3H3. The first-order valence-corrected chi connectivity index (χ1v) is 6.84. The van der Waals surface area contributed by atoms with Gasteiger partial charge in [0.05, 0.1) is 17.1 Å². The van der Waals surface area contributed by atoms with E-state index in [0.717, 1.165) is 6.54 Å². The summed E-state index contributed by atoms with van der Waals surface area (Å²) in [4.78, 5) is 4.90. The molecule has 1 saturated heterocycles. The number of hydrogen-bond donors (Lipinski definition) is 1. The summed E-state index contributed by atoms with van der Waals surface area (Å²) in [7, 11) is 2.13. The van der Waals surface area contributed by atoms with Gasteiger partial charge in [0, 0.05) is 7.05 Å². The van der Waals surface area contributed by atoms with Crippen LogP contribution in [0.4, 0.5) is 0 Å². The second kappa shape index (κ2) is 4.39. The summed E-state index contributed by atoms with van der Waals surface area (Å²) in [6.45, 7) is 5.44. The van der Waals surface area contributed by atoms with Crippen molar-refractivity contribution < 1.29 is 0 Å². The Kier molecular flexibility index (Phi) is 2.86. The summed E-state index contributed by atoms with van der Waals surface area (Å²) < 4.78 is 2.25. The summed E-state index contributed by atoms with van der Waals surface area (Å²) in [6.07, 6.45) is 3.80. The number of nitrogens with one attached hydrogen (secondary N) is 1. The van der Waals surface area contributed by atoms with Gasteiger partial charge in [-0.2, -0.15) is 0 Å². The van der Waals surface area contributed by atoms with Crippen LogP contribution in [0.2, 0.25) is 0 Å². The van der Waals surface area contributed by atoms with Gasteiger partial charge < -0.3 is 9.88 Å². The quantitative estimate of drug-likeness (QED) is 0.834. The van der Waals surface area contributed by atoms with E-state index in [-0.39, 0.29) is 0 Å². The predicted octanol–water partition coefficient (Wildman–Crippen LogP) is 3.00. The Morgan fingerprint density at radius 1 is 1.28 bits per heavy atom. The van der Waals surface area contributed by atoms with E-state index in [9.17, 15) is 0 Å². The molecule has 1 aliphatic rings. The molecule has 0 radical (unpaired) electrons. The van der Waals surface area contributed by atoms with Crippen LogP contribution in [-0.4, -0.2) is 16.1 Å². The van der Waals surface area contributed by atoms with Crippen molar-refractivity contribution in [3.05, 3.63) is 29.1 Å². The van der Waals surface area contributed by atoms with Gasteiger partial charge in [-0.3, -0.25) is 0 Å². The van der Waals surface area contributed by atoms with E-state index >= 15 is 0 Å². The van der Waals surface area contributed by atoms with Gasteiger partial charge in [-0.15, -0.1) is 0 Å². The fraction of sp³-hybridized carbons (Fsp3) is 0.533. The minimum atomic E-state index is 0.427.